The minimum absolute atomic E-state index is 0. The van der Waals surface area contributed by atoms with Gasteiger partial charge >= 0.3 is 0 Å². The minimum Gasteiger partial charge on any atom is -0.412 e. The molecular weight excluding hydrogens is 142 g/mol. The molecule has 0 aromatic rings. The van der Waals surface area contributed by atoms with E-state index < -0.39 is 0 Å². The molecule has 1 aliphatic heterocycles. The van der Waals surface area contributed by atoms with E-state index in [4.69, 9.17) is 4.74 Å². The van der Waals surface area contributed by atoms with Crippen molar-refractivity contribution in [3.8, 4) is 0 Å². The summed E-state index contributed by atoms with van der Waals surface area (Å²) in [7, 11) is 0. The van der Waals surface area contributed by atoms with Crippen molar-refractivity contribution in [2.45, 2.75) is 13.0 Å². The molecule has 0 aromatic heterocycles. The van der Waals surface area contributed by atoms with E-state index in [0.717, 1.165) is 19.8 Å². The van der Waals surface area contributed by atoms with Crippen LogP contribution >= 0.6 is 12.4 Å². The van der Waals surface area contributed by atoms with Crippen molar-refractivity contribution in [1.29, 1.82) is 0 Å². The lowest BCUT2D eigenvalue weighted by Crippen LogP contribution is -2.38. The van der Waals surface area contributed by atoms with Crippen molar-refractivity contribution in [1.82, 2.24) is 5.32 Å². The first-order valence-electron chi connectivity index (χ1n) is 2.71. The van der Waals surface area contributed by atoms with Crippen LogP contribution in [0.25, 0.3) is 0 Å². The van der Waals surface area contributed by atoms with Gasteiger partial charge in [0.2, 0.25) is 0 Å². The Kier molecular flexibility index (Phi) is 8.32. The van der Waals surface area contributed by atoms with Gasteiger partial charge in [-0.25, -0.2) is 0 Å². The Labute approximate surface area is 61.5 Å². The lowest BCUT2D eigenvalue weighted by atomic mass is 10.3. The van der Waals surface area contributed by atoms with Gasteiger partial charge in [-0.15, -0.1) is 12.4 Å². The molecule has 1 fully saturated rings. The average molecular weight is 156 g/mol. The second-order valence-electron chi connectivity index (χ2n) is 1.93. The normalized spacial score (nSPS) is 25.7. The first-order valence-corrected chi connectivity index (χ1v) is 2.71. The lowest BCUT2D eigenvalue weighted by Gasteiger charge is -2.19. The molecule has 0 radical (unpaired) electrons. The smallest absolute Gasteiger partial charge is 0.0617 e. The molecule has 1 saturated heterocycles. The van der Waals surface area contributed by atoms with Gasteiger partial charge in [0, 0.05) is 12.6 Å². The van der Waals surface area contributed by atoms with Crippen LogP contribution in [0.1, 0.15) is 6.92 Å². The Balaban J connectivity index is 0. The molecule has 3 nitrogen and oxygen atoms in total. The van der Waals surface area contributed by atoms with Crippen LogP contribution in [0.5, 0.6) is 0 Å². The molecule has 0 bridgehead atoms. The third-order valence-corrected chi connectivity index (χ3v) is 1.11. The molecule has 1 aliphatic rings. The van der Waals surface area contributed by atoms with Gasteiger partial charge in [-0.3, -0.25) is 0 Å². The van der Waals surface area contributed by atoms with Gasteiger partial charge in [0.15, 0.2) is 0 Å². The molecule has 58 valence electrons. The number of ether oxygens (including phenoxy) is 1. The molecule has 1 unspecified atom stereocenters. The van der Waals surface area contributed by atoms with Crippen LogP contribution in [0.2, 0.25) is 0 Å². The summed E-state index contributed by atoms with van der Waals surface area (Å²) in [6.45, 7) is 4.89. The fraction of sp³-hybridized carbons (Fsp3) is 1.00. The highest BCUT2D eigenvalue weighted by atomic mass is 35.5. The van der Waals surface area contributed by atoms with E-state index in [0.29, 0.717) is 6.04 Å². The van der Waals surface area contributed by atoms with Gasteiger partial charge in [-0.05, 0) is 6.92 Å². The number of halogens is 1. The van der Waals surface area contributed by atoms with Crippen LogP contribution in [0.4, 0.5) is 0 Å². The van der Waals surface area contributed by atoms with E-state index in [-0.39, 0.29) is 17.9 Å². The van der Waals surface area contributed by atoms with E-state index in [1.165, 1.54) is 0 Å². The van der Waals surface area contributed by atoms with E-state index in [1.54, 1.807) is 0 Å². The van der Waals surface area contributed by atoms with Crippen molar-refractivity contribution in [2.75, 3.05) is 19.8 Å². The zero-order valence-corrected chi connectivity index (χ0v) is 6.33. The first-order chi connectivity index (χ1) is 3.39. The summed E-state index contributed by atoms with van der Waals surface area (Å²) in [5.41, 5.74) is 0. The van der Waals surface area contributed by atoms with Crippen LogP contribution in [-0.4, -0.2) is 31.3 Å². The predicted octanol–water partition coefficient (Wildman–Crippen LogP) is -0.408. The zero-order chi connectivity index (χ0) is 5.11. The van der Waals surface area contributed by atoms with E-state index in [1.807, 2.05) is 0 Å². The number of morpholine rings is 1. The van der Waals surface area contributed by atoms with E-state index in [2.05, 4.69) is 12.2 Å². The summed E-state index contributed by atoms with van der Waals surface area (Å²) in [4.78, 5) is 0. The molecule has 0 amide bonds. The maximum atomic E-state index is 5.12. The summed E-state index contributed by atoms with van der Waals surface area (Å²) in [6.07, 6.45) is 0. The van der Waals surface area contributed by atoms with Gasteiger partial charge in [0.1, 0.15) is 0 Å². The van der Waals surface area contributed by atoms with Gasteiger partial charge in [-0.2, -0.15) is 0 Å². The number of hydrogen-bond acceptors (Lipinski definition) is 2. The van der Waals surface area contributed by atoms with Crippen LogP contribution < -0.4 is 5.32 Å². The van der Waals surface area contributed by atoms with Crippen molar-refractivity contribution >= 4 is 12.4 Å². The minimum atomic E-state index is 0. The summed E-state index contributed by atoms with van der Waals surface area (Å²) in [5.74, 6) is 0. The molecule has 9 heavy (non-hydrogen) atoms. The molecule has 1 rings (SSSR count). The average Bonchev–Trinajstić information content (AvgIpc) is 1.69. The van der Waals surface area contributed by atoms with Gasteiger partial charge in [0.25, 0.3) is 0 Å². The zero-order valence-electron chi connectivity index (χ0n) is 5.52. The van der Waals surface area contributed by atoms with E-state index >= 15 is 0 Å². The highest BCUT2D eigenvalue weighted by Gasteiger charge is 2.04. The largest absolute Gasteiger partial charge is 0.412 e. The van der Waals surface area contributed by atoms with Crippen molar-refractivity contribution < 1.29 is 10.2 Å². The third-order valence-electron chi connectivity index (χ3n) is 1.11. The lowest BCUT2D eigenvalue weighted by molar-refractivity contribution is 0.0824. The Bertz CT molecular complexity index is 56.9. The molecule has 3 N–H and O–H groups in total. The number of hydrogen-bond donors (Lipinski definition) is 1. The van der Waals surface area contributed by atoms with Gasteiger partial charge in [0.05, 0.1) is 13.2 Å². The second kappa shape index (κ2) is 6.29. The molecule has 1 atom stereocenters. The molecule has 1 heterocycles. The summed E-state index contributed by atoms with van der Waals surface area (Å²) in [5, 5.41) is 3.26. The molecular formula is C5H14ClNO2. The fourth-order valence-corrected chi connectivity index (χ4v) is 0.697. The quantitative estimate of drug-likeness (QED) is 0.517. The number of nitrogens with one attached hydrogen (secondary N) is 1. The summed E-state index contributed by atoms with van der Waals surface area (Å²) in [6, 6.07) is 0.564. The number of rotatable bonds is 0. The summed E-state index contributed by atoms with van der Waals surface area (Å²) >= 11 is 0. The van der Waals surface area contributed by atoms with Crippen LogP contribution in [0.3, 0.4) is 0 Å². The van der Waals surface area contributed by atoms with Gasteiger partial charge < -0.3 is 15.5 Å². The van der Waals surface area contributed by atoms with Crippen molar-refractivity contribution in [3.05, 3.63) is 0 Å². The Morgan fingerprint density at radius 2 is 2.22 bits per heavy atom. The Hall–Kier alpha value is 0.170. The maximum Gasteiger partial charge on any atom is 0.0617 e. The third kappa shape index (κ3) is 4.66. The van der Waals surface area contributed by atoms with Gasteiger partial charge in [-0.1, -0.05) is 0 Å². The fourth-order valence-electron chi connectivity index (χ4n) is 0.697. The predicted molar refractivity (Wildman–Crippen MR) is 39.1 cm³/mol. The topological polar surface area (TPSA) is 52.8 Å². The SMILES string of the molecule is CC1COCCN1.Cl.O. The Morgan fingerprint density at radius 1 is 1.56 bits per heavy atom. The van der Waals surface area contributed by atoms with E-state index in [9.17, 15) is 0 Å². The standard InChI is InChI=1S/C5H11NO.ClH.H2O/c1-5-4-7-3-2-6-5;;/h5-6H,2-4H2,1H3;1H;1H2. The Morgan fingerprint density at radius 3 is 2.44 bits per heavy atom. The van der Waals surface area contributed by atoms with Crippen molar-refractivity contribution in [3.63, 3.8) is 0 Å². The molecule has 0 aromatic carbocycles. The molecule has 0 saturated carbocycles. The second-order valence-corrected chi connectivity index (χ2v) is 1.93. The van der Waals surface area contributed by atoms with Crippen LogP contribution in [0.15, 0.2) is 0 Å². The summed E-state index contributed by atoms with van der Waals surface area (Å²) < 4.78 is 5.12. The monoisotopic (exact) mass is 155 g/mol. The highest BCUT2D eigenvalue weighted by molar-refractivity contribution is 5.85. The molecule has 0 aliphatic carbocycles. The first kappa shape index (κ1) is 11.9. The molecule has 4 heteroatoms. The van der Waals surface area contributed by atoms with Crippen LogP contribution in [0, 0.1) is 0 Å². The maximum absolute atomic E-state index is 5.12. The highest BCUT2D eigenvalue weighted by Crippen LogP contribution is 1.88. The van der Waals surface area contributed by atoms with Crippen molar-refractivity contribution in [2.24, 2.45) is 0 Å². The van der Waals surface area contributed by atoms with Crippen LogP contribution in [-0.2, 0) is 4.74 Å². The molecule has 0 spiro atoms.